The summed E-state index contributed by atoms with van der Waals surface area (Å²) in [7, 11) is -4.21. The number of phenols is 1. The number of alkyl halides is 3. The van der Waals surface area contributed by atoms with E-state index in [4.69, 9.17) is 5.26 Å². The van der Waals surface area contributed by atoms with E-state index in [0.717, 1.165) is 19.1 Å². The first kappa shape index (κ1) is 21.2. The highest BCUT2D eigenvalue weighted by Crippen LogP contribution is 2.34. The second-order valence-electron chi connectivity index (χ2n) is 5.95. The highest BCUT2D eigenvalue weighted by atomic mass is 32.2. The lowest BCUT2D eigenvalue weighted by Gasteiger charge is -2.16. The molecule has 0 heterocycles. The van der Waals surface area contributed by atoms with Crippen LogP contribution in [0.2, 0.25) is 0 Å². The zero-order chi connectivity index (χ0) is 21.3. The van der Waals surface area contributed by atoms with Gasteiger partial charge in [-0.3, -0.25) is 4.79 Å². The first-order valence-corrected chi connectivity index (χ1v) is 9.39. The maximum atomic E-state index is 13.0. The number of carbonyl (C=O) groups excluding carboxylic acids is 1. The van der Waals surface area contributed by atoms with E-state index in [0.29, 0.717) is 6.07 Å². The van der Waals surface area contributed by atoms with Crippen LogP contribution in [-0.2, 0) is 20.8 Å². The lowest BCUT2D eigenvalue weighted by Crippen LogP contribution is -2.33. The second-order valence-corrected chi connectivity index (χ2v) is 8.18. The number of benzene rings is 2. The molecule has 0 spiro atoms. The summed E-state index contributed by atoms with van der Waals surface area (Å²) >= 11 is 0. The minimum absolute atomic E-state index is 0.0554. The Morgan fingerprint density at radius 3 is 2.46 bits per heavy atom. The number of nitriles is 1. The lowest BCUT2D eigenvalue weighted by atomic mass is 10.1. The van der Waals surface area contributed by atoms with Gasteiger partial charge in [0.05, 0.1) is 22.1 Å². The number of carbonyl (C=O) groups is 1. The number of hydrogen-bond acceptors (Lipinski definition) is 5. The van der Waals surface area contributed by atoms with E-state index in [1.54, 1.807) is 0 Å². The average Bonchev–Trinajstić information content (AvgIpc) is 2.62. The van der Waals surface area contributed by atoms with Gasteiger partial charge in [0.25, 0.3) is 0 Å². The van der Waals surface area contributed by atoms with E-state index < -0.39 is 38.3 Å². The maximum absolute atomic E-state index is 13.0. The van der Waals surface area contributed by atoms with Crippen molar-refractivity contribution < 1.29 is 31.5 Å². The number of phenolic OH excluding ortho intramolecular Hbond substituents is 1. The first-order chi connectivity index (χ1) is 12.9. The van der Waals surface area contributed by atoms with Crippen molar-refractivity contribution in [3.63, 3.8) is 0 Å². The largest absolute Gasteiger partial charge is 0.508 e. The molecule has 10 heteroatoms. The molecule has 0 aliphatic rings. The molecule has 2 aromatic carbocycles. The summed E-state index contributed by atoms with van der Waals surface area (Å²) in [5, 5.41) is 18.9. The third-order valence-corrected chi connectivity index (χ3v) is 6.31. The van der Waals surface area contributed by atoms with Gasteiger partial charge in [-0.15, -0.1) is 0 Å². The fourth-order valence-corrected chi connectivity index (χ4v) is 3.96. The molecule has 0 saturated carbocycles. The van der Waals surface area contributed by atoms with Gasteiger partial charge in [-0.1, -0.05) is 6.07 Å². The van der Waals surface area contributed by atoms with Crippen LogP contribution in [0.25, 0.3) is 0 Å². The predicted octanol–water partition coefficient (Wildman–Crippen LogP) is 3.39. The molecule has 2 N–H and O–H groups in total. The van der Waals surface area contributed by atoms with E-state index in [1.807, 2.05) is 0 Å². The molecule has 0 radical (unpaired) electrons. The molecule has 28 heavy (non-hydrogen) atoms. The molecule has 0 aliphatic carbocycles. The van der Waals surface area contributed by atoms with Crippen molar-refractivity contribution in [1.29, 1.82) is 5.26 Å². The number of nitrogens with one attached hydrogen (secondary N) is 1. The molecule has 0 saturated heterocycles. The van der Waals surface area contributed by atoms with Gasteiger partial charge in [0.2, 0.25) is 5.91 Å². The fraction of sp³-hybridized carbons (Fsp3) is 0.222. The average molecular weight is 412 g/mol. The van der Waals surface area contributed by atoms with Crippen molar-refractivity contribution >= 4 is 21.4 Å². The number of sulfone groups is 1. The lowest BCUT2D eigenvalue weighted by molar-refractivity contribution is -0.137. The summed E-state index contributed by atoms with van der Waals surface area (Å²) in [6.45, 7) is 2.45. The third kappa shape index (κ3) is 4.09. The predicted molar refractivity (Wildman–Crippen MR) is 94.3 cm³/mol. The molecule has 0 fully saturated rings. The topological polar surface area (TPSA) is 107 Å². The number of halogens is 3. The van der Waals surface area contributed by atoms with E-state index in [9.17, 15) is 31.5 Å². The molecular weight excluding hydrogens is 397 g/mol. The van der Waals surface area contributed by atoms with Crippen LogP contribution in [0.1, 0.15) is 23.6 Å². The van der Waals surface area contributed by atoms with Crippen LogP contribution in [0.15, 0.2) is 41.3 Å². The van der Waals surface area contributed by atoms with Gasteiger partial charge in [-0.05, 0) is 44.2 Å². The smallest absolute Gasteiger partial charge is 0.417 e. The molecule has 2 aromatic rings. The van der Waals surface area contributed by atoms with Gasteiger partial charge in [0, 0.05) is 11.3 Å². The number of hydrogen-bond donors (Lipinski definition) is 2. The number of nitrogens with zero attached hydrogens (tertiary/aromatic N) is 1. The summed E-state index contributed by atoms with van der Waals surface area (Å²) in [6, 6.07) is 7.74. The molecule has 0 aromatic heterocycles. The quantitative estimate of drug-likeness (QED) is 0.801. The summed E-state index contributed by atoms with van der Waals surface area (Å²) in [6.07, 6.45) is -4.82. The Morgan fingerprint density at radius 2 is 1.89 bits per heavy atom. The van der Waals surface area contributed by atoms with Gasteiger partial charge in [0.1, 0.15) is 11.0 Å². The minimum atomic E-state index is -4.82. The van der Waals surface area contributed by atoms with Crippen LogP contribution < -0.4 is 5.32 Å². The van der Waals surface area contributed by atoms with Crippen LogP contribution in [0.5, 0.6) is 5.75 Å². The number of amides is 1. The fourth-order valence-electron chi connectivity index (χ4n) is 2.44. The molecule has 0 bridgehead atoms. The summed E-state index contributed by atoms with van der Waals surface area (Å²) in [4.78, 5) is 12.1. The highest BCUT2D eigenvalue weighted by Gasteiger charge is 2.35. The number of anilines is 1. The first-order valence-electron chi connectivity index (χ1n) is 7.84. The van der Waals surface area contributed by atoms with Crippen LogP contribution in [0.4, 0.5) is 18.9 Å². The normalized spacial score (nSPS) is 12.9. The summed E-state index contributed by atoms with van der Waals surface area (Å²) < 4.78 is 64.4. The molecule has 1 unspecified atom stereocenters. The van der Waals surface area contributed by atoms with Crippen LogP contribution in [-0.4, -0.2) is 24.7 Å². The van der Waals surface area contributed by atoms with Crippen molar-refractivity contribution in [2.45, 2.75) is 30.2 Å². The van der Waals surface area contributed by atoms with Gasteiger partial charge in [-0.25, -0.2) is 8.42 Å². The Labute approximate surface area is 159 Å². The second kappa shape index (κ2) is 7.52. The molecule has 148 valence electrons. The van der Waals surface area contributed by atoms with Crippen molar-refractivity contribution in [3.8, 4) is 11.8 Å². The van der Waals surface area contributed by atoms with Crippen LogP contribution in [0, 0.1) is 18.3 Å². The molecule has 2 rings (SSSR count). The molecule has 6 nitrogen and oxygen atoms in total. The monoisotopic (exact) mass is 412 g/mol. The van der Waals surface area contributed by atoms with Gasteiger partial charge in [0.15, 0.2) is 9.84 Å². The van der Waals surface area contributed by atoms with E-state index >= 15 is 0 Å². The summed E-state index contributed by atoms with van der Waals surface area (Å²) in [5.41, 5.74) is -2.11. The van der Waals surface area contributed by atoms with Gasteiger partial charge < -0.3 is 10.4 Å². The zero-order valence-corrected chi connectivity index (χ0v) is 15.5. The van der Waals surface area contributed by atoms with Crippen molar-refractivity contribution in [3.05, 3.63) is 53.1 Å². The molecular formula is C18H15F3N2O4S. The molecule has 1 amide bonds. The summed E-state index contributed by atoms with van der Waals surface area (Å²) in [5.74, 6) is -1.32. The highest BCUT2D eigenvalue weighted by molar-refractivity contribution is 7.92. The van der Waals surface area contributed by atoms with Gasteiger partial charge >= 0.3 is 6.18 Å². The Hall–Kier alpha value is -3.06. The standard InChI is InChI=1S/C18H15F3N2O4S/c1-10-15(24)4-3-5-16(10)28(26,27)11(2)17(25)23-13-7-6-12(9-22)14(8-13)18(19,20)21/h3-8,11,24H,1-2H3,(H,23,25). The van der Waals surface area contributed by atoms with Gasteiger partial charge in [-0.2, -0.15) is 18.4 Å². The maximum Gasteiger partial charge on any atom is 0.417 e. The SMILES string of the molecule is Cc1c(O)cccc1S(=O)(=O)C(C)C(=O)Nc1ccc(C#N)c(C(F)(F)F)c1. The molecule has 1 atom stereocenters. The van der Waals surface area contributed by atoms with Crippen molar-refractivity contribution in [2.75, 3.05) is 5.32 Å². The zero-order valence-electron chi connectivity index (χ0n) is 14.7. The van der Waals surface area contributed by atoms with E-state index in [2.05, 4.69) is 5.32 Å². The van der Waals surface area contributed by atoms with Crippen molar-refractivity contribution in [2.24, 2.45) is 0 Å². The Morgan fingerprint density at radius 1 is 1.25 bits per heavy atom. The number of aromatic hydroxyl groups is 1. The van der Waals surface area contributed by atoms with Crippen LogP contribution >= 0.6 is 0 Å². The Bertz CT molecular complexity index is 1070. The Kier molecular flexibility index (Phi) is 5.70. The van der Waals surface area contributed by atoms with E-state index in [1.165, 1.54) is 31.2 Å². The third-order valence-electron chi connectivity index (χ3n) is 4.11. The minimum Gasteiger partial charge on any atom is -0.508 e. The van der Waals surface area contributed by atoms with Crippen LogP contribution in [0.3, 0.4) is 0 Å². The van der Waals surface area contributed by atoms with E-state index in [-0.39, 0.29) is 21.9 Å². The van der Waals surface area contributed by atoms with Crippen molar-refractivity contribution in [1.82, 2.24) is 0 Å². The Balaban J connectivity index is 2.35. The number of rotatable bonds is 4. The molecule has 0 aliphatic heterocycles.